The minimum absolute atomic E-state index is 0.101. The second-order valence-electron chi connectivity index (χ2n) is 5.12. The third kappa shape index (κ3) is 1.32. The first-order chi connectivity index (χ1) is 5.86. The summed E-state index contributed by atoms with van der Waals surface area (Å²) in [4.78, 5) is 11.8. The highest BCUT2D eigenvalue weighted by Gasteiger charge is 2.53. The Kier molecular flexibility index (Phi) is 2.54. The SMILES string of the molecule is C[C@@H]1CC[C@@](C)(C(=O)CN)C1(C)C. The molecule has 0 radical (unpaired) electrons. The van der Waals surface area contributed by atoms with Gasteiger partial charge in [-0.25, -0.2) is 0 Å². The molecule has 13 heavy (non-hydrogen) atoms. The van der Waals surface area contributed by atoms with Gasteiger partial charge in [-0.2, -0.15) is 0 Å². The van der Waals surface area contributed by atoms with Gasteiger partial charge in [0.05, 0.1) is 6.54 Å². The van der Waals surface area contributed by atoms with E-state index in [2.05, 4.69) is 27.7 Å². The quantitative estimate of drug-likeness (QED) is 0.711. The number of nitrogens with two attached hydrogens (primary N) is 1. The van der Waals surface area contributed by atoms with Crippen molar-refractivity contribution in [3.8, 4) is 0 Å². The van der Waals surface area contributed by atoms with Crippen LogP contribution in [0.4, 0.5) is 0 Å². The average Bonchev–Trinajstić information content (AvgIpc) is 2.29. The van der Waals surface area contributed by atoms with E-state index >= 15 is 0 Å². The first-order valence-electron chi connectivity index (χ1n) is 5.09. The van der Waals surface area contributed by atoms with Crippen molar-refractivity contribution in [2.24, 2.45) is 22.5 Å². The molecule has 1 aliphatic rings. The molecule has 1 rings (SSSR count). The Bertz CT molecular complexity index is 222. The summed E-state index contributed by atoms with van der Waals surface area (Å²) in [6.07, 6.45) is 2.15. The van der Waals surface area contributed by atoms with Gasteiger partial charge in [0.1, 0.15) is 0 Å². The number of Topliss-reactive ketones (excluding diaryl/α,β-unsaturated/α-hetero) is 1. The van der Waals surface area contributed by atoms with Crippen LogP contribution in [0.25, 0.3) is 0 Å². The highest BCUT2D eigenvalue weighted by atomic mass is 16.1. The van der Waals surface area contributed by atoms with Gasteiger partial charge in [0.2, 0.25) is 0 Å². The van der Waals surface area contributed by atoms with E-state index in [1.165, 1.54) is 0 Å². The fourth-order valence-electron chi connectivity index (χ4n) is 2.46. The van der Waals surface area contributed by atoms with Crippen molar-refractivity contribution in [2.75, 3.05) is 6.54 Å². The summed E-state index contributed by atoms with van der Waals surface area (Å²) in [7, 11) is 0. The van der Waals surface area contributed by atoms with Gasteiger partial charge in [-0.1, -0.05) is 27.7 Å². The first-order valence-corrected chi connectivity index (χ1v) is 5.09. The number of carbonyl (C=O) groups is 1. The minimum Gasteiger partial charge on any atom is -0.324 e. The molecule has 0 aromatic rings. The van der Waals surface area contributed by atoms with E-state index in [1.54, 1.807) is 0 Å². The van der Waals surface area contributed by atoms with E-state index in [4.69, 9.17) is 5.73 Å². The average molecular weight is 183 g/mol. The highest BCUT2D eigenvalue weighted by molar-refractivity contribution is 5.87. The van der Waals surface area contributed by atoms with Gasteiger partial charge >= 0.3 is 0 Å². The summed E-state index contributed by atoms with van der Waals surface area (Å²) < 4.78 is 0. The smallest absolute Gasteiger partial charge is 0.152 e. The molecule has 0 bridgehead atoms. The lowest BCUT2D eigenvalue weighted by atomic mass is 9.64. The van der Waals surface area contributed by atoms with Crippen molar-refractivity contribution in [1.82, 2.24) is 0 Å². The summed E-state index contributed by atoms with van der Waals surface area (Å²) in [6.45, 7) is 8.88. The standard InChI is InChI=1S/C11H21NO/c1-8-5-6-11(4,9(13)7-12)10(8,2)3/h8H,5-7,12H2,1-4H3/t8-,11+/m1/s1. The van der Waals surface area contributed by atoms with Crippen molar-refractivity contribution < 1.29 is 4.79 Å². The van der Waals surface area contributed by atoms with E-state index in [9.17, 15) is 4.79 Å². The Morgan fingerprint density at radius 3 is 2.31 bits per heavy atom. The Morgan fingerprint density at radius 1 is 1.46 bits per heavy atom. The maximum Gasteiger partial charge on any atom is 0.152 e. The number of rotatable bonds is 2. The second-order valence-corrected chi connectivity index (χ2v) is 5.12. The summed E-state index contributed by atoms with van der Waals surface area (Å²) in [5.74, 6) is 0.842. The van der Waals surface area contributed by atoms with Crippen LogP contribution in [-0.2, 0) is 4.79 Å². The second kappa shape index (κ2) is 3.09. The zero-order valence-corrected chi connectivity index (χ0v) is 9.18. The van der Waals surface area contributed by atoms with Gasteiger partial charge in [-0.15, -0.1) is 0 Å². The van der Waals surface area contributed by atoms with Crippen LogP contribution < -0.4 is 5.73 Å². The molecule has 2 nitrogen and oxygen atoms in total. The van der Waals surface area contributed by atoms with E-state index in [-0.39, 0.29) is 23.2 Å². The number of hydrogen-bond acceptors (Lipinski definition) is 2. The minimum atomic E-state index is -0.193. The summed E-state index contributed by atoms with van der Waals surface area (Å²) >= 11 is 0. The molecule has 0 saturated heterocycles. The molecule has 0 amide bonds. The fraction of sp³-hybridized carbons (Fsp3) is 0.909. The molecule has 76 valence electrons. The van der Waals surface area contributed by atoms with Crippen molar-refractivity contribution in [1.29, 1.82) is 0 Å². The lowest BCUT2D eigenvalue weighted by Gasteiger charge is -2.39. The van der Waals surface area contributed by atoms with Gasteiger partial charge in [-0.05, 0) is 24.2 Å². The lowest BCUT2D eigenvalue weighted by Crippen LogP contribution is -2.43. The van der Waals surface area contributed by atoms with E-state index in [1.807, 2.05) is 0 Å². The molecule has 0 aromatic carbocycles. The number of carbonyl (C=O) groups excluding carboxylic acids is 1. The zero-order chi connectivity index (χ0) is 10.3. The lowest BCUT2D eigenvalue weighted by molar-refractivity contribution is -0.132. The van der Waals surface area contributed by atoms with Crippen molar-refractivity contribution in [3.05, 3.63) is 0 Å². The van der Waals surface area contributed by atoms with Gasteiger partial charge < -0.3 is 5.73 Å². The van der Waals surface area contributed by atoms with Crippen LogP contribution in [0.1, 0.15) is 40.5 Å². The van der Waals surface area contributed by atoms with Gasteiger partial charge in [0.15, 0.2) is 5.78 Å². The molecule has 0 spiro atoms. The maximum atomic E-state index is 11.8. The van der Waals surface area contributed by atoms with Gasteiger partial charge in [-0.3, -0.25) is 4.79 Å². The topological polar surface area (TPSA) is 43.1 Å². The molecular formula is C11H21NO. The van der Waals surface area contributed by atoms with Crippen molar-refractivity contribution in [3.63, 3.8) is 0 Å². The third-order valence-corrected chi connectivity index (χ3v) is 4.53. The molecule has 2 heteroatoms. The molecule has 0 aromatic heterocycles. The van der Waals surface area contributed by atoms with Crippen LogP contribution in [0, 0.1) is 16.7 Å². The van der Waals surface area contributed by atoms with Gasteiger partial charge in [0.25, 0.3) is 0 Å². The van der Waals surface area contributed by atoms with Crippen LogP contribution in [0.2, 0.25) is 0 Å². The number of hydrogen-bond donors (Lipinski definition) is 1. The molecule has 1 aliphatic carbocycles. The predicted molar refractivity (Wildman–Crippen MR) is 54.3 cm³/mol. The number of ketones is 1. The van der Waals surface area contributed by atoms with Crippen LogP contribution in [0.15, 0.2) is 0 Å². The normalized spacial score (nSPS) is 37.8. The molecule has 2 N–H and O–H groups in total. The Hall–Kier alpha value is -0.370. The zero-order valence-electron chi connectivity index (χ0n) is 9.18. The molecule has 0 aliphatic heterocycles. The van der Waals surface area contributed by atoms with Crippen molar-refractivity contribution in [2.45, 2.75) is 40.5 Å². The third-order valence-electron chi connectivity index (χ3n) is 4.53. The Balaban J connectivity index is 2.98. The molecule has 0 heterocycles. The maximum absolute atomic E-state index is 11.8. The molecule has 2 atom stereocenters. The van der Waals surface area contributed by atoms with Crippen LogP contribution in [0.3, 0.4) is 0 Å². The molecule has 1 saturated carbocycles. The highest BCUT2D eigenvalue weighted by Crippen LogP contribution is 2.55. The molecular weight excluding hydrogens is 162 g/mol. The Morgan fingerprint density at radius 2 is 2.00 bits per heavy atom. The van der Waals surface area contributed by atoms with E-state index in [0.29, 0.717) is 5.92 Å². The Labute approximate surface area is 80.9 Å². The van der Waals surface area contributed by atoms with Gasteiger partial charge in [0, 0.05) is 5.41 Å². The van der Waals surface area contributed by atoms with Crippen molar-refractivity contribution >= 4 is 5.78 Å². The molecule has 1 fully saturated rings. The van der Waals surface area contributed by atoms with E-state index in [0.717, 1.165) is 12.8 Å². The summed E-state index contributed by atoms with van der Waals surface area (Å²) in [5.41, 5.74) is 5.36. The van der Waals surface area contributed by atoms with Crippen LogP contribution in [-0.4, -0.2) is 12.3 Å². The summed E-state index contributed by atoms with van der Waals surface area (Å²) in [6, 6.07) is 0. The van der Waals surface area contributed by atoms with Crippen LogP contribution >= 0.6 is 0 Å². The largest absolute Gasteiger partial charge is 0.324 e. The van der Waals surface area contributed by atoms with E-state index < -0.39 is 0 Å². The van der Waals surface area contributed by atoms with Crippen LogP contribution in [0.5, 0.6) is 0 Å². The summed E-state index contributed by atoms with van der Waals surface area (Å²) in [5, 5.41) is 0. The fourth-order valence-corrected chi connectivity index (χ4v) is 2.46. The monoisotopic (exact) mass is 183 g/mol. The predicted octanol–water partition coefficient (Wildman–Crippen LogP) is 1.98. The molecule has 0 unspecified atom stereocenters. The first kappa shape index (κ1) is 10.7.